The van der Waals surface area contributed by atoms with Crippen LogP contribution in [0.15, 0.2) is 24.3 Å². The summed E-state index contributed by atoms with van der Waals surface area (Å²) in [6.45, 7) is 4.07. The normalized spacial score (nSPS) is 12.5. The minimum Gasteiger partial charge on any atom is -0.487 e. The van der Waals surface area contributed by atoms with Gasteiger partial charge >= 0.3 is 6.18 Å². The van der Waals surface area contributed by atoms with Crippen LogP contribution in [0.25, 0.3) is 10.9 Å². The van der Waals surface area contributed by atoms with E-state index in [0.29, 0.717) is 21.7 Å². The molecule has 22 heavy (non-hydrogen) atoms. The number of nitrogens with zero attached hydrogens (tertiary/aromatic N) is 1. The summed E-state index contributed by atoms with van der Waals surface area (Å²) >= 11 is 6.07. The van der Waals surface area contributed by atoms with E-state index in [-0.39, 0.29) is 5.88 Å². The number of halogens is 4. The van der Waals surface area contributed by atoms with Crippen molar-refractivity contribution in [3.8, 4) is 11.6 Å². The molecule has 0 N–H and O–H groups in total. The van der Waals surface area contributed by atoms with Crippen molar-refractivity contribution in [3.05, 3.63) is 29.3 Å². The summed E-state index contributed by atoms with van der Waals surface area (Å²) in [5.74, 6) is 0.189. The Hall–Kier alpha value is -1.69. The van der Waals surface area contributed by atoms with E-state index in [0.717, 1.165) is 0 Å². The lowest BCUT2D eigenvalue weighted by molar-refractivity contribution is -0.154. The lowest BCUT2D eigenvalue weighted by atomic mass is 10.1. The van der Waals surface area contributed by atoms with Gasteiger partial charge in [0.15, 0.2) is 6.61 Å². The molecule has 0 aliphatic rings. The molecule has 7 heteroatoms. The first-order valence-electron chi connectivity index (χ1n) is 6.53. The third kappa shape index (κ3) is 4.40. The minimum absolute atomic E-state index is 0.183. The summed E-state index contributed by atoms with van der Waals surface area (Å²) in [7, 11) is 0. The lowest BCUT2D eigenvalue weighted by Crippen LogP contribution is -2.23. The molecule has 1 aromatic carbocycles. The molecular formula is C15H15ClF3NO2. The van der Waals surface area contributed by atoms with Gasteiger partial charge < -0.3 is 9.47 Å². The monoisotopic (exact) mass is 333 g/mol. The molecule has 0 atom stereocenters. The fraction of sp³-hybridized carbons (Fsp3) is 0.400. The van der Waals surface area contributed by atoms with Gasteiger partial charge in [0, 0.05) is 11.5 Å². The molecule has 0 spiro atoms. The molecule has 3 nitrogen and oxygen atoms in total. The molecule has 2 aromatic rings. The number of alkyl halides is 3. The lowest BCUT2D eigenvalue weighted by Gasteiger charge is -2.23. The molecule has 1 heterocycles. The standard InChI is InChI=1S/C15H15ClF3NO2/c1-14(2,3)22-11-7-12(21-8-15(17,18)19)20-13-9(11)5-4-6-10(13)16/h4-7H,8H2,1-3H3. The van der Waals surface area contributed by atoms with Crippen LogP contribution in [-0.2, 0) is 0 Å². The summed E-state index contributed by atoms with van der Waals surface area (Å²) in [5, 5.41) is 0.926. The van der Waals surface area contributed by atoms with Crippen molar-refractivity contribution >= 4 is 22.5 Å². The molecule has 0 saturated carbocycles. The van der Waals surface area contributed by atoms with Crippen molar-refractivity contribution in [1.82, 2.24) is 4.98 Å². The summed E-state index contributed by atoms with van der Waals surface area (Å²) in [4.78, 5) is 4.03. The number of hydrogen-bond acceptors (Lipinski definition) is 3. The first kappa shape index (κ1) is 16.7. The van der Waals surface area contributed by atoms with Crippen LogP contribution in [-0.4, -0.2) is 23.4 Å². The summed E-state index contributed by atoms with van der Waals surface area (Å²) in [6.07, 6.45) is -4.44. The van der Waals surface area contributed by atoms with Gasteiger partial charge in [-0.25, -0.2) is 4.98 Å². The van der Waals surface area contributed by atoms with Crippen molar-refractivity contribution in [1.29, 1.82) is 0 Å². The largest absolute Gasteiger partial charge is 0.487 e. The molecule has 120 valence electrons. The molecule has 0 aliphatic heterocycles. The molecule has 0 saturated heterocycles. The SMILES string of the molecule is CC(C)(C)Oc1cc(OCC(F)(F)F)nc2c(Cl)cccc12. The Morgan fingerprint density at radius 3 is 2.45 bits per heavy atom. The molecular weight excluding hydrogens is 319 g/mol. The minimum atomic E-state index is -4.44. The van der Waals surface area contributed by atoms with Crippen LogP contribution in [0.5, 0.6) is 11.6 Å². The topological polar surface area (TPSA) is 31.4 Å². The van der Waals surface area contributed by atoms with E-state index in [2.05, 4.69) is 4.98 Å². The third-order valence-corrected chi connectivity index (χ3v) is 2.83. The van der Waals surface area contributed by atoms with Crippen LogP contribution >= 0.6 is 11.6 Å². The number of pyridine rings is 1. The van der Waals surface area contributed by atoms with E-state index in [1.54, 1.807) is 18.2 Å². The van der Waals surface area contributed by atoms with Crippen molar-refractivity contribution in [3.63, 3.8) is 0 Å². The van der Waals surface area contributed by atoms with Crippen LogP contribution in [0.4, 0.5) is 13.2 Å². The van der Waals surface area contributed by atoms with E-state index < -0.39 is 18.4 Å². The fourth-order valence-corrected chi connectivity index (χ4v) is 2.02. The zero-order valence-electron chi connectivity index (χ0n) is 12.3. The first-order valence-corrected chi connectivity index (χ1v) is 6.91. The predicted molar refractivity (Wildman–Crippen MR) is 78.7 cm³/mol. The van der Waals surface area contributed by atoms with Crippen LogP contribution in [0.2, 0.25) is 5.02 Å². The summed E-state index contributed by atoms with van der Waals surface area (Å²) in [5.41, 5.74) is -0.194. The van der Waals surface area contributed by atoms with Gasteiger partial charge in [0.05, 0.1) is 10.5 Å². The van der Waals surface area contributed by atoms with Gasteiger partial charge in [-0.15, -0.1) is 0 Å². The number of benzene rings is 1. The van der Waals surface area contributed by atoms with Crippen molar-refractivity contribution in [2.75, 3.05) is 6.61 Å². The van der Waals surface area contributed by atoms with Crippen LogP contribution in [0.3, 0.4) is 0 Å². The number of para-hydroxylation sites is 1. The average Bonchev–Trinajstić information content (AvgIpc) is 2.35. The van der Waals surface area contributed by atoms with E-state index in [1.165, 1.54) is 6.07 Å². The quantitative estimate of drug-likeness (QED) is 0.791. The second-order valence-corrected chi connectivity index (χ2v) is 6.12. The highest BCUT2D eigenvalue weighted by Gasteiger charge is 2.29. The van der Waals surface area contributed by atoms with Gasteiger partial charge in [-0.05, 0) is 32.9 Å². The van der Waals surface area contributed by atoms with Gasteiger partial charge in [0.25, 0.3) is 0 Å². The Balaban J connectivity index is 2.48. The van der Waals surface area contributed by atoms with Crippen LogP contribution in [0.1, 0.15) is 20.8 Å². The third-order valence-electron chi connectivity index (χ3n) is 2.53. The predicted octanol–water partition coefficient (Wildman–Crippen LogP) is 5.01. The zero-order chi connectivity index (χ0) is 16.5. The van der Waals surface area contributed by atoms with E-state index in [9.17, 15) is 13.2 Å². The molecule has 2 rings (SSSR count). The Kier molecular flexibility index (Phi) is 4.42. The first-order chi connectivity index (χ1) is 10.1. The maximum absolute atomic E-state index is 12.3. The Morgan fingerprint density at radius 1 is 1.18 bits per heavy atom. The Labute approximate surface area is 131 Å². The number of aromatic nitrogens is 1. The number of hydrogen-bond donors (Lipinski definition) is 0. The molecule has 0 unspecified atom stereocenters. The highest BCUT2D eigenvalue weighted by Crippen LogP contribution is 2.34. The number of ether oxygens (including phenoxy) is 2. The molecule has 0 radical (unpaired) electrons. The van der Waals surface area contributed by atoms with Crippen molar-refractivity contribution < 1.29 is 22.6 Å². The van der Waals surface area contributed by atoms with Gasteiger partial charge in [0.1, 0.15) is 11.4 Å². The second kappa shape index (κ2) is 5.83. The highest BCUT2D eigenvalue weighted by molar-refractivity contribution is 6.35. The zero-order valence-corrected chi connectivity index (χ0v) is 13.0. The fourth-order valence-electron chi connectivity index (χ4n) is 1.80. The Bertz CT molecular complexity index is 681. The summed E-state index contributed by atoms with van der Waals surface area (Å²) < 4.78 is 47.4. The van der Waals surface area contributed by atoms with E-state index >= 15 is 0 Å². The molecule has 0 bridgehead atoms. The number of rotatable bonds is 3. The maximum Gasteiger partial charge on any atom is 0.422 e. The van der Waals surface area contributed by atoms with E-state index in [1.807, 2.05) is 20.8 Å². The van der Waals surface area contributed by atoms with Gasteiger partial charge in [-0.2, -0.15) is 13.2 Å². The van der Waals surface area contributed by atoms with Gasteiger partial charge in [-0.1, -0.05) is 17.7 Å². The summed E-state index contributed by atoms with van der Waals surface area (Å²) in [6, 6.07) is 6.40. The van der Waals surface area contributed by atoms with Crippen LogP contribution < -0.4 is 9.47 Å². The number of fused-ring (bicyclic) bond motifs is 1. The van der Waals surface area contributed by atoms with Crippen molar-refractivity contribution in [2.24, 2.45) is 0 Å². The molecule has 0 amide bonds. The second-order valence-electron chi connectivity index (χ2n) is 5.71. The Morgan fingerprint density at radius 2 is 1.86 bits per heavy atom. The maximum atomic E-state index is 12.3. The highest BCUT2D eigenvalue weighted by atomic mass is 35.5. The van der Waals surface area contributed by atoms with Crippen LogP contribution in [0, 0.1) is 0 Å². The van der Waals surface area contributed by atoms with E-state index in [4.69, 9.17) is 21.1 Å². The molecule has 0 fully saturated rings. The average molecular weight is 334 g/mol. The smallest absolute Gasteiger partial charge is 0.422 e. The molecule has 0 aliphatic carbocycles. The van der Waals surface area contributed by atoms with Gasteiger partial charge in [-0.3, -0.25) is 0 Å². The molecule has 1 aromatic heterocycles. The van der Waals surface area contributed by atoms with Gasteiger partial charge in [0.2, 0.25) is 5.88 Å². The van der Waals surface area contributed by atoms with Crippen molar-refractivity contribution in [2.45, 2.75) is 32.5 Å².